The Kier molecular flexibility index (Phi) is 9.30. The third-order valence-corrected chi connectivity index (χ3v) is 9.87. The van der Waals surface area contributed by atoms with E-state index in [0.717, 1.165) is 30.0 Å². The third-order valence-electron chi connectivity index (χ3n) is 6.90. The average molecular weight is 592 g/mol. The zero-order valence-corrected chi connectivity index (χ0v) is 25.2. The van der Waals surface area contributed by atoms with Gasteiger partial charge in [-0.2, -0.15) is 4.31 Å². The van der Waals surface area contributed by atoms with Crippen molar-refractivity contribution in [1.29, 1.82) is 0 Å². The molecule has 4 amide bonds. The summed E-state index contributed by atoms with van der Waals surface area (Å²) in [6.07, 6.45) is 1.21. The molecule has 2 N–H and O–H groups in total. The smallest absolute Gasteiger partial charge is 0.323 e. The van der Waals surface area contributed by atoms with Gasteiger partial charge in [0.1, 0.15) is 5.00 Å². The minimum atomic E-state index is -3.75. The quantitative estimate of drug-likeness (QED) is 0.507. The van der Waals surface area contributed by atoms with E-state index >= 15 is 0 Å². The van der Waals surface area contributed by atoms with E-state index in [1.807, 2.05) is 13.8 Å². The molecule has 0 aliphatic carbocycles. The number of carbonyl (C=O) groups excluding carboxylic acids is 3. The zero-order chi connectivity index (χ0) is 29.2. The minimum Gasteiger partial charge on any atom is -0.373 e. The number of carbonyl (C=O) groups is 3. The van der Waals surface area contributed by atoms with E-state index in [1.165, 1.54) is 44.8 Å². The number of nitrogens with one attached hydrogen (secondary N) is 2. The Bertz CT molecular complexity index is 1360. The number of ether oxygens (including phenoxy) is 1. The molecule has 2 aromatic rings. The van der Waals surface area contributed by atoms with Crippen molar-refractivity contribution < 1.29 is 27.5 Å². The van der Waals surface area contributed by atoms with Crippen molar-refractivity contribution in [3.63, 3.8) is 0 Å². The fourth-order valence-electron chi connectivity index (χ4n) is 4.99. The van der Waals surface area contributed by atoms with Crippen LogP contribution in [-0.2, 0) is 27.7 Å². The van der Waals surface area contributed by atoms with Crippen molar-refractivity contribution in [2.45, 2.75) is 57.3 Å². The van der Waals surface area contributed by atoms with Crippen LogP contribution in [0.3, 0.4) is 0 Å². The predicted octanol–water partition coefficient (Wildman–Crippen LogP) is 2.98. The highest BCUT2D eigenvalue weighted by Crippen LogP contribution is 2.37. The topological polar surface area (TPSA) is 128 Å². The summed E-state index contributed by atoms with van der Waals surface area (Å²) in [5.74, 6) is -1.04. The van der Waals surface area contributed by atoms with Crippen molar-refractivity contribution >= 4 is 44.2 Å². The molecule has 4 rings (SSSR count). The number of urea groups is 1. The van der Waals surface area contributed by atoms with E-state index in [2.05, 4.69) is 22.5 Å². The summed E-state index contributed by atoms with van der Waals surface area (Å²) in [7, 11) is -0.662. The van der Waals surface area contributed by atoms with Crippen molar-refractivity contribution in [2.24, 2.45) is 0 Å². The number of morpholine rings is 1. The van der Waals surface area contributed by atoms with Crippen LogP contribution in [0.2, 0.25) is 0 Å². The molecule has 13 heteroatoms. The van der Waals surface area contributed by atoms with Crippen molar-refractivity contribution in [1.82, 2.24) is 19.4 Å². The summed E-state index contributed by atoms with van der Waals surface area (Å²) in [6.45, 7) is 8.67. The first-order valence-corrected chi connectivity index (χ1v) is 15.6. The molecule has 0 radical (unpaired) electrons. The molecule has 40 heavy (non-hydrogen) atoms. The normalized spacial score (nSPS) is 20.0. The second-order valence-electron chi connectivity index (χ2n) is 10.4. The first-order chi connectivity index (χ1) is 18.9. The Balaban J connectivity index is 1.57. The molecule has 1 fully saturated rings. The van der Waals surface area contributed by atoms with Gasteiger partial charge in [-0.25, -0.2) is 13.2 Å². The number of imide groups is 1. The molecule has 2 aliphatic rings. The van der Waals surface area contributed by atoms with E-state index in [9.17, 15) is 22.8 Å². The Morgan fingerprint density at radius 2 is 1.73 bits per heavy atom. The lowest BCUT2D eigenvalue weighted by molar-refractivity contribution is -0.0440. The number of anilines is 1. The first kappa shape index (κ1) is 30.1. The lowest BCUT2D eigenvalue weighted by Gasteiger charge is -2.34. The monoisotopic (exact) mass is 591 g/mol. The SMILES string of the molecule is CCCN1CCc2c(sc(NC(=O)c3ccc(S(=O)(=O)N4CC(C)OC(C)C4)cc3)c2C(=O)NC(=O)N(C)C)C1. The van der Waals surface area contributed by atoms with E-state index in [4.69, 9.17) is 4.74 Å². The van der Waals surface area contributed by atoms with Gasteiger partial charge in [-0.1, -0.05) is 6.92 Å². The Morgan fingerprint density at radius 3 is 2.33 bits per heavy atom. The minimum absolute atomic E-state index is 0.0928. The number of amides is 4. The molecule has 1 aromatic heterocycles. The molecule has 11 nitrogen and oxygen atoms in total. The highest BCUT2D eigenvalue weighted by atomic mass is 32.2. The van der Waals surface area contributed by atoms with Crippen LogP contribution in [0.15, 0.2) is 29.2 Å². The molecule has 3 heterocycles. The Morgan fingerprint density at radius 1 is 1.07 bits per heavy atom. The maximum atomic E-state index is 13.2. The number of benzene rings is 1. The molecule has 218 valence electrons. The summed E-state index contributed by atoms with van der Waals surface area (Å²) in [6, 6.07) is 5.20. The van der Waals surface area contributed by atoms with Crippen LogP contribution in [0, 0.1) is 0 Å². The van der Waals surface area contributed by atoms with Crippen molar-refractivity contribution in [2.75, 3.05) is 45.6 Å². The predicted molar refractivity (Wildman–Crippen MR) is 153 cm³/mol. The molecule has 2 aliphatic heterocycles. The third kappa shape index (κ3) is 6.55. The van der Waals surface area contributed by atoms with Gasteiger partial charge in [0.2, 0.25) is 10.0 Å². The van der Waals surface area contributed by atoms with Crippen LogP contribution in [0.5, 0.6) is 0 Å². The van der Waals surface area contributed by atoms with Gasteiger partial charge in [0.15, 0.2) is 0 Å². The Labute approximate surface area is 239 Å². The number of thiophene rings is 1. The maximum Gasteiger partial charge on any atom is 0.323 e. The number of sulfonamides is 1. The number of rotatable bonds is 7. The van der Waals surface area contributed by atoms with Crippen LogP contribution in [0.1, 0.15) is 58.3 Å². The van der Waals surface area contributed by atoms with E-state index in [-0.39, 0.29) is 35.8 Å². The maximum absolute atomic E-state index is 13.2. The molecule has 2 atom stereocenters. The summed E-state index contributed by atoms with van der Waals surface area (Å²) in [4.78, 5) is 43.3. The Hall–Kier alpha value is -2.84. The molecular weight excluding hydrogens is 554 g/mol. The van der Waals surface area contributed by atoms with Crippen LogP contribution < -0.4 is 10.6 Å². The molecular formula is C27H37N5O6S2. The highest BCUT2D eigenvalue weighted by Gasteiger charge is 2.33. The van der Waals surface area contributed by atoms with Gasteiger partial charge in [0, 0.05) is 50.7 Å². The average Bonchev–Trinajstić information content (AvgIpc) is 3.25. The highest BCUT2D eigenvalue weighted by molar-refractivity contribution is 7.89. The standard InChI is InChI=1S/C27H37N5O6S2/c1-6-12-31-13-11-21-22(16-31)39-26(23(21)25(34)29-27(35)30(4)5)28-24(33)19-7-9-20(10-8-19)40(36,37)32-14-17(2)38-18(3)15-32/h7-10,17-18H,6,11-16H2,1-5H3,(H,28,33)(H,29,34,35). The molecule has 0 saturated carbocycles. The van der Waals surface area contributed by atoms with Gasteiger partial charge in [-0.15, -0.1) is 11.3 Å². The molecule has 0 spiro atoms. The molecule has 2 unspecified atom stereocenters. The van der Waals surface area contributed by atoms with Gasteiger partial charge in [0.25, 0.3) is 11.8 Å². The number of hydrogen-bond donors (Lipinski definition) is 2. The zero-order valence-electron chi connectivity index (χ0n) is 23.5. The van der Waals surface area contributed by atoms with Crippen molar-refractivity contribution in [3.8, 4) is 0 Å². The van der Waals surface area contributed by atoms with E-state index in [0.29, 0.717) is 23.5 Å². The number of nitrogens with zero attached hydrogens (tertiary/aromatic N) is 3. The van der Waals surface area contributed by atoms with Crippen LogP contribution in [-0.4, -0.2) is 92.9 Å². The first-order valence-electron chi connectivity index (χ1n) is 13.4. The second kappa shape index (κ2) is 12.4. The largest absolute Gasteiger partial charge is 0.373 e. The summed E-state index contributed by atoms with van der Waals surface area (Å²) >= 11 is 1.33. The second-order valence-corrected chi connectivity index (χ2v) is 13.5. The number of hydrogen-bond acceptors (Lipinski definition) is 8. The van der Waals surface area contributed by atoms with Crippen LogP contribution >= 0.6 is 11.3 Å². The van der Waals surface area contributed by atoms with Gasteiger partial charge >= 0.3 is 6.03 Å². The fourth-order valence-corrected chi connectivity index (χ4v) is 7.87. The molecule has 1 aromatic carbocycles. The summed E-state index contributed by atoms with van der Waals surface area (Å²) in [5.41, 5.74) is 1.39. The molecule has 0 bridgehead atoms. The van der Waals surface area contributed by atoms with Crippen LogP contribution in [0.25, 0.3) is 0 Å². The van der Waals surface area contributed by atoms with Crippen LogP contribution in [0.4, 0.5) is 9.80 Å². The summed E-state index contributed by atoms with van der Waals surface area (Å²) in [5, 5.41) is 5.61. The van der Waals surface area contributed by atoms with Gasteiger partial charge < -0.3 is 15.0 Å². The fraction of sp³-hybridized carbons (Fsp3) is 0.519. The van der Waals surface area contributed by atoms with E-state index < -0.39 is 27.9 Å². The van der Waals surface area contributed by atoms with Gasteiger partial charge in [0.05, 0.1) is 22.7 Å². The lowest BCUT2D eigenvalue weighted by atomic mass is 10.0. The lowest BCUT2D eigenvalue weighted by Crippen LogP contribution is -2.48. The summed E-state index contributed by atoms with van der Waals surface area (Å²) < 4.78 is 33.4. The van der Waals surface area contributed by atoms with Gasteiger partial charge in [-0.3, -0.25) is 19.8 Å². The number of fused-ring (bicyclic) bond motifs is 1. The molecule has 1 saturated heterocycles. The van der Waals surface area contributed by atoms with E-state index in [1.54, 1.807) is 14.1 Å². The van der Waals surface area contributed by atoms with Crippen molar-refractivity contribution in [3.05, 3.63) is 45.8 Å². The van der Waals surface area contributed by atoms with Gasteiger partial charge in [-0.05, 0) is 63.1 Å².